The fourth-order valence-electron chi connectivity index (χ4n) is 1.54. The van der Waals surface area contributed by atoms with Crippen molar-refractivity contribution in [2.45, 2.75) is 0 Å². The third-order valence-electron chi connectivity index (χ3n) is 2.49. The van der Waals surface area contributed by atoms with Crippen LogP contribution in [0.1, 0.15) is 10.4 Å². The summed E-state index contributed by atoms with van der Waals surface area (Å²) < 4.78 is 10.5. The van der Waals surface area contributed by atoms with Crippen molar-refractivity contribution in [3.05, 3.63) is 52.2 Å². The summed E-state index contributed by atoms with van der Waals surface area (Å²) in [6.45, 7) is 0. The molecule has 0 aliphatic carbocycles. The molecule has 0 N–H and O–H groups in total. The Morgan fingerprint density at radius 1 is 1.30 bits per heavy atom. The average Bonchev–Trinajstić information content (AvgIpc) is 2.47. The van der Waals surface area contributed by atoms with Gasteiger partial charge in [0.05, 0.1) is 23.7 Å². The third-order valence-corrected chi connectivity index (χ3v) is 2.49. The van der Waals surface area contributed by atoms with Crippen molar-refractivity contribution in [3.63, 3.8) is 0 Å². The topological polar surface area (TPSA) is 91.6 Å². The number of aromatic nitrogens is 1. The highest BCUT2D eigenvalue weighted by Gasteiger charge is 2.15. The van der Waals surface area contributed by atoms with E-state index in [0.717, 1.165) is 0 Å². The Morgan fingerprint density at radius 2 is 2.10 bits per heavy atom. The normalized spacial score (nSPS) is 9.85. The monoisotopic (exact) mass is 274 g/mol. The van der Waals surface area contributed by atoms with E-state index in [0.29, 0.717) is 12.0 Å². The molecule has 102 valence electrons. The molecule has 7 heteroatoms. The number of pyridine rings is 1. The summed E-state index contributed by atoms with van der Waals surface area (Å²) in [7, 11) is 1.41. The largest absolute Gasteiger partial charge is 0.493 e. The van der Waals surface area contributed by atoms with E-state index in [1.807, 2.05) is 0 Å². The summed E-state index contributed by atoms with van der Waals surface area (Å²) in [5.41, 5.74) is 0.0884. The van der Waals surface area contributed by atoms with Gasteiger partial charge in [0.15, 0.2) is 17.8 Å². The molecule has 0 radical (unpaired) electrons. The molecule has 0 bridgehead atoms. The van der Waals surface area contributed by atoms with Crippen LogP contribution in [0.25, 0.3) is 0 Å². The highest BCUT2D eigenvalue weighted by Crippen LogP contribution is 2.34. The number of rotatable bonds is 5. The molecule has 20 heavy (non-hydrogen) atoms. The minimum atomic E-state index is -0.550. The second kappa shape index (κ2) is 5.79. The van der Waals surface area contributed by atoms with Crippen molar-refractivity contribution >= 4 is 12.0 Å². The van der Waals surface area contributed by atoms with Crippen LogP contribution in [-0.4, -0.2) is 23.3 Å². The molecule has 0 aliphatic heterocycles. The minimum absolute atomic E-state index is 0.0568. The molecule has 0 saturated heterocycles. The molecular formula is C13H10N2O5. The number of ether oxygens (including phenoxy) is 2. The molecule has 0 unspecified atom stereocenters. The number of carbonyl (C=O) groups is 1. The molecule has 0 amide bonds. The molecule has 0 aliphatic rings. The lowest BCUT2D eigenvalue weighted by atomic mass is 10.2. The molecule has 0 fully saturated rings. The number of aldehydes is 1. The van der Waals surface area contributed by atoms with Gasteiger partial charge >= 0.3 is 0 Å². The van der Waals surface area contributed by atoms with Gasteiger partial charge in [-0.25, -0.2) is 4.98 Å². The number of nitro groups is 1. The zero-order chi connectivity index (χ0) is 14.5. The van der Waals surface area contributed by atoms with E-state index in [4.69, 9.17) is 9.47 Å². The van der Waals surface area contributed by atoms with Crippen molar-refractivity contribution in [2.75, 3.05) is 7.11 Å². The molecule has 0 atom stereocenters. The van der Waals surface area contributed by atoms with Crippen molar-refractivity contribution in [3.8, 4) is 17.4 Å². The molecule has 1 aromatic carbocycles. The summed E-state index contributed by atoms with van der Waals surface area (Å²) in [6, 6.07) is 7.03. The predicted octanol–water partition coefficient (Wildman–Crippen LogP) is 2.60. The lowest BCUT2D eigenvalue weighted by molar-refractivity contribution is -0.384. The maximum atomic E-state index is 10.9. The van der Waals surface area contributed by atoms with Gasteiger partial charge in [0, 0.05) is 12.3 Å². The van der Waals surface area contributed by atoms with Gasteiger partial charge in [-0.05, 0) is 18.2 Å². The number of non-ortho nitro benzene ring substituents is 1. The maximum absolute atomic E-state index is 10.9. The number of hydrogen-bond acceptors (Lipinski definition) is 6. The molecule has 0 saturated carbocycles. The summed E-state index contributed by atoms with van der Waals surface area (Å²) in [4.78, 5) is 25.0. The molecule has 7 nitrogen and oxygen atoms in total. The Hall–Kier alpha value is -2.96. The molecule has 1 heterocycles. The second-order valence-electron chi connectivity index (χ2n) is 3.71. The van der Waals surface area contributed by atoms with Crippen LogP contribution in [0.4, 0.5) is 5.69 Å². The van der Waals surface area contributed by atoms with Crippen LogP contribution in [0.2, 0.25) is 0 Å². The van der Waals surface area contributed by atoms with Gasteiger partial charge in [-0.3, -0.25) is 14.9 Å². The van der Waals surface area contributed by atoms with E-state index in [-0.39, 0.29) is 22.9 Å². The summed E-state index contributed by atoms with van der Waals surface area (Å²) in [5, 5.41) is 10.8. The smallest absolute Gasteiger partial charge is 0.273 e. The first-order valence-electron chi connectivity index (χ1n) is 5.56. The van der Waals surface area contributed by atoms with E-state index in [1.165, 1.54) is 37.6 Å². The highest BCUT2D eigenvalue weighted by molar-refractivity contribution is 5.78. The Labute approximate surface area is 113 Å². The maximum Gasteiger partial charge on any atom is 0.273 e. The second-order valence-corrected chi connectivity index (χ2v) is 3.71. The minimum Gasteiger partial charge on any atom is -0.493 e. The van der Waals surface area contributed by atoms with Crippen LogP contribution in [0.15, 0.2) is 36.5 Å². The molecular weight excluding hydrogens is 264 g/mol. The van der Waals surface area contributed by atoms with Gasteiger partial charge in [0.2, 0.25) is 5.88 Å². The fourth-order valence-corrected chi connectivity index (χ4v) is 1.54. The standard InChI is InChI=1S/C13H10N2O5/c1-19-11-5-4-10(15(17)18)7-12(11)20-13-9(8-16)3-2-6-14-13/h2-8H,1H3. The van der Waals surface area contributed by atoms with Gasteiger partial charge in [-0.15, -0.1) is 0 Å². The lowest BCUT2D eigenvalue weighted by Gasteiger charge is -2.10. The van der Waals surface area contributed by atoms with E-state index >= 15 is 0 Å². The average molecular weight is 274 g/mol. The van der Waals surface area contributed by atoms with Gasteiger partial charge < -0.3 is 9.47 Å². The van der Waals surface area contributed by atoms with Crippen molar-refractivity contribution in [1.82, 2.24) is 4.98 Å². The zero-order valence-electron chi connectivity index (χ0n) is 10.5. The third kappa shape index (κ3) is 2.72. The fraction of sp³-hybridized carbons (Fsp3) is 0.0769. The van der Waals surface area contributed by atoms with Crippen molar-refractivity contribution in [1.29, 1.82) is 0 Å². The van der Waals surface area contributed by atoms with E-state index < -0.39 is 4.92 Å². The first-order chi connectivity index (χ1) is 9.65. The van der Waals surface area contributed by atoms with Crippen LogP contribution in [-0.2, 0) is 0 Å². The zero-order valence-corrected chi connectivity index (χ0v) is 10.5. The lowest BCUT2D eigenvalue weighted by Crippen LogP contribution is -1.97. The Morgan fingerprint density at radius 3 is 2.75 bits per heavy atom. The van der Waals surface area contributed by atoms with Gasteiger partial charge in [-0.1, -0.05) is 0 Å². The number of nitro benzene ring substituents is 1. The van der Waals surface area contributed by atoms with Crippen molar-refractivity contribution in [2.24, 2.45) is 0 Å². The van der Waals surface area contributed by atoms with Crippen LogP contribution >= 0.6 is 0 Å². The van der Waals surface area contributed by atoms with E-state index in [1.54, 1.807) is 6.07 Å². The molecule has 0 spiro atoms. The Bertz CT molecular complexity index is 657. The van der Waals surface area contributed by atoms with Gasteiger partial charge in [-0.2, -0.15) is 0 Å². The van der Waals surface area contributed by atoms with E-state index in [2.05, 4.69) is 4.98 Å². The Kier molecular flexibility index (Phi) is 3.90. The van der Waals surface area contributed by atoms with Crippen LogP contribution < -0.4 is 9.47 Å². The first-order valence-corrected chi connectivity index (χ1v) is 5.56. The van der Waals surface area contributed by atoms with Crippen molar-refractivity contribution < 1.29 is 19.2 Å². The summed E-state index contributed by atoms with van der Waals surface area (Å²) in [5.74, 6) is 0.475. The number of carbonyl (C=O) groups excluding carboxylic acids is 1. The number of methoxy groups -OCH3 is 1. The highest BCUT2D eigenvalue weighted by atomic mass is 16.6. The SMILES string of the molecule is COc1ccc([N+](=O)[O-])cc1Oc1ncccc1C=O. The van der Waals surface area contributed by atoms with Crippen LogP contribution in [0.5, 0.6) is 17.4 Å². The first kappa shape index (κ1) is 13.5. The predicted molar refractivity (Wildman–Crippen MR) is 69.3 cm³/mol. The molecule has 2 rings (SSSR count). The molecule has 1 aromatic heterocycles. The molecule has 2 aromatic rings. The summed E-state index contributed by atoms with van der Waals surface area (Å²) >= 11 is 0. The van der Waals surface area contributed by atoms with Crippen LogP contribution in [0, 0.1) is 10.1 Å². The van der Waals surface area contributed by atoms with Gasteiger partial charge in [0.25, 0.3) is 5.69 Å². The summed E-state index contributed by atoms with van der Waals surface area (Å²) in [6.07, 6.45) is 2.04. The van der Waals surface area contributed by atoms with Gasteiger partial charge in [0.1, 0.15) is 0 Å². The number of hydrogen-bond donors (Lipinski definition) is 0. The Balaban J connectivity index is 2.43. The number of nitrogens with zero attached hydrogens (tertiary/aromatic N) is 2. The van der Waals surface area contributed by atoms with Crippen LogP contribution in [0.3, 0.4) is 0 Å². The number of benzene rings is 1. The quantitative estimate of drug-likeness (QED) is 0.472. The van der Waals surface area contributed by atoms with E-state index in [9.17, 15) is 14.9 Å².